The second-order valence-electron chi connectivity index (χ2n) is 8.24. The van der Waals surface area contributed by atoms with Crippen LogP contribution in [-0.2, 0) is 11.3 Å². The van der Waals surface area contributed by atoms with Gasteiger partial charge in [0.15, 0.2) is 5.78 Å². The maximum Gasteiger partial charge on any atom is 0.234 e. The molecule has 0 atom stereocenters. The Kier molecular flexibility index (Phi) is 8.93. The van der Waals surface area contributed by atoms with Crippen molar-refractivity contribution >= 4 is 57.3 Å². The van der Waals surface area contributed by atoms with Gasteiger partial charge in [-0.3, -0.25) is 14.5 Å². The Labute approximate surface area is 220 Å². The molecule has 1 fully saturated rings. The number of carbonyl (C=O) groups excluding carboxylic acids is 2. The molecule has 1 aliphatic rings. The lowest BCUT2D eigenvalue weighted by atomic mass is 10.0. The number of nitrogens with zero attached hydrogens (tertiary/aromatic N) is 2. The molecule has 35 heavy (non-hydrogen) atoms. The lowest BCUT2D eigenvalue weighted by Gasteiger charge is -2.35. The van der Waals surface area contributed by atoms with Gasteiger partial charge in [-0.25, -0.2) is 0 Å². The number of nitrogens with one attached hydrogen (secondary N) is 1. The molecular formula is C27H26ClN3O2S2. The molecule has 180 valence electrons. The highest BCUT2D eigenvalue weighted by atomic mass is 35.5. The highest BCUT2D eigenvalue weighted by Gasteiger charge is 2.21. The third-order valence-corrected chi connectivity index (χ3v) is 7.50. The number of amides is 1. The smallest absolute Gasteiger partial charge is 0.234 e. The van der Waals surface area contributed by atoms with Gasteiger partial charge in [0.1, 0.15) is 4.32 Å². The van der Waals surface area contributed by atoms with E-state index in [4.69, 9.17) is 23.8 Å². The van der Waals surface area contributed by atoms with Crippen LogP contribution in [0.25, 0.3) is 0 Å². The van der Waals surface area contributed by atoms with Crippen molar-refractivity contribution in [2.24, 2.45) is 0 Å². The Balaban J connectivity index is 1.28. The molecule has 1 aliphatic heterocycles. The van der Waals surface area contributed by atoms with Gasteiger partial charge < -0.3 is 10.2 Å². The number of anilines is 1. The quantitative estimate of drug-likeness (QED) is 0.333. The SMILES string of the molecule is O=C(CSC(=S)N1CCN(Cc2ccccc2)CC1)Nc1ccc(Cl)cc1C(=O)c1ccccc1. The maximum atomic E-state index is 13.0. The van der Waals surface area contributed by atoms with Crippen LogP contribution in [0, 0.1) is 0 Å². The number of hydrogen-bond donors (Lipinski definition) is 1. The largest absolute Gasteiger partial charge is 0.355 e. The van der Waals surface area contributed by atoms with Gasteiger partial charge in [0.2, 0.25) is 5.91 Å². The molecule has 3 aromatic rings. The van der Waals surface area contributed by atoms with Crippen LogP contribution in [0.3, 0.4) is 0 Å². The lowest BCUT2D eigenvalue weighted by Crippen LogP contribution is -2.47. The van der Waals surface area contributed by atoms with Gasteiger partial charge >= 0.3 is 0 Å². The Morgan fingerprint density at radius 1 is 0.914 bits per heavy atom. The first-order valence-electron chi connectivity index (χ1n) is 11.4. The summed E-state index contributed by atoms with van der Waals surface area (Å²) >= 11 is 13.1. The molecular weight excluding hydrogens is 498 g/mol. The first kappa shape index (κ1) is 25.4. The molecule has 4 rings (SSSR count). The summed E-state index contributed by atoms with van der Waals surface area (Å²) < 4.78 is 0.719. The predicted octanol–water partition coefficient (Wildman–Crippen LogP) is 5.35. The minimum Gasteiger partial charge on any atom is -0.355 e. The summed E-state index contributed by atoms with van der Waals surface area (Å²) in [7, 11) is 0. The average molecular weight is 524 g/mol. The number of carbonyl (C=O) groups is 2. The molecule has 3 aromatic carbocycles. The van der Waals surface area contributed by atoms with Gasteiger partial charge in [-0.2, -0.15) is 0 Å². The highest BCUT2D eigenvalue weighted by molar-refractivity contribution is 8.23. The summed E-state index contributed by atoms with van der Waals surface area (Å²) in [6.07, 6.45) is 0. The minimum absolute atomic E-state index is 0.171. The molecule has 0 aliphatic carbocycles. The third-order valence-electron chi connectivity index (χ3n) is 5.74. The number of thioether (sulfide) groups is 1. The number of thiocarbonyl (C=S) groups is 1. The number of hydrogen-bond acceptors (Lipinski definition) is 5. The van der Waals surface area contributed by atoms with Crippen LogP contribution in [-0.4, -0.2) is 57.7 Å². The van der Waals surface area contributed by atoms with Crippen LogP contribution in [0.1, 0.15) is 21.5 Å². The summed E-state index contributed by atoms with van der Waals surface area (Å²) in [5, 5.41) is 3.29. The fourth-order valence-electron chi connectivity index (χ4n) is 3.89. The van der Waals surface area contributed by atoms with E-state index in [-0.39, 0.29) is 17.4 Å². The van der Waals surface area contributed by atoms with Gasteiger partial charge in [0, 0.05) is 48.9 Å². The van der Waals surface area contributed by atoms with Crippen molar-refractivity contribution in [1.29, 1.82) is 0 Å². The van der Waals surface area contributed by atoms with E-state index in [1.165, 1.54) is 17.3 Å². The Morgan fingerprint density at radius 3 is 2.26 bits per heavy atom. The fourth-order valence-corrected chi connectivity index (χ4v) is 5.12. The van der Waals surface area contributed by atoms with Crippen molar-refractivity contribution in [3.63, 3.8) is 0 Å². The molecule has 1 heterocycles. The van der Waals surface area contributed by atoms with Crippen molar-refractivity contribution in [3.05, 3.63) is 101 Å². The number of piperazine rings is 1. The summed E-state index contributed by atoms with van der Waals surface area (Å²) in [5.41, 5.74) is 2.64. The van der Waals surface area contributed by atoms with E-state index in [0.717, 1.165) is 37.0 Å². The van der Waals surface area contributed by atoms with Crippen LogP contribution in [0.5, 0.6) is 0 Å². The van der Waals surface area contributed by atoms with Crippen LogP contribution in [0.2, 0.25) is 5.02 Å². The van der Waals surface area contributed by atoms with Crippen molar-refractivity contribution in [2.75, 3.05) is 37.2 Å². The number of halogens is 1. The monoisotopic (exact) mass is 523 g/mol. The minimum atomic E-state index is -0.218. The molecule has 5 nitrogen and oxygen atoms in total. The normalized spacial score (nSPS) is 13.9. The second-order valence-corrected chi connectivity index (χ2v) is 10.3. The summed E-state index contributed by atoms with van der Waals surface area (Å²) in [6, 6.07) is 24.3. The molecule has 0 radical (unpaired) electrons. The van der Waals surface area contributed by atoms with Crippen molar-refractivity contribution in [2.45, 2.75) is 6.54 Å². The zero-order valence-electron chi connectivity index (χ0n) is 19.2. The molecule has 1 amide bonds. The van der Waals surface area contributed by atoms with E-state index in [9.17, 15) is 9.59 Å². The van der Waals surface area contributed by atoms with Crippen LogP contribution < -0.4 is 5.32 Å². The van der Waals surface area contributed by atoms with Gasteiger partial charge in [-0.1, -0.05) is 96.2 Å². The zero-order chi connectivity index (χ0) is 24.6. The number of ketones is 1. The molecule has 0 saturated carbocycles. The van der Waals surface area contributed by atoms with Crippen LogP contribution in [0.15, 0.2) is 78.9 Å². The first-order chi connectivity index (χ1) is 17.0. The topological polar surface area (TPSA) is 52.7 Å². The van der Waals surface area contributed by atoms with E-state index >= 15 is 0 Å². The second kappa shape index (κ2) is 12.3. The van der Waals surface area contributed by atoms with Gasteiger partial charge in [-0.15, -0.1) is 0 Å². The van der Waals surface area contributed by atoms with E-state index in [2.05, 4.69) is 39.4 Å². The summed E-state index contributed by atoms with van der Waals surface area (Å²) in [5.74, 6) is -0.241. The molecule has 1 N–H and O–H groups in total. The first-order valence-corrected chi connectivity index (χ1v) is 13.1. The van der Waals surface area contributed by atoms with Crippen molar-refractivity contribution in [1.82, 2.24) is 9.80 Å². The molecule has 8 heteroatoms. The molecule has 0 spiro atoms. The molecule has 0 unspecified atom stereocenters. The van der Waals surface area contributed by atoms with Gasteiger partial charge in [0.25, 0.3) is 0 Å². The van der Waals surface area contributed by atoms with Gasteiger partial charge in [-0.05, 0) is 23.8 Å². The lowest BCUT2D eigenvalue weighted by molar-refractivity contribution is -0.113. The van der Waals surface area contributed by atoms with Gasteiger partial charge in [0.05, 0.1) is 11.4 Å². The Bertz CT molecular complexity index is 1180. The predicted molar refractivity (Wildman–Crippen MR) is 148 cm³/mol. The maximum absolute atomic E-state index is 13.0. The van der Waals surface area contributed by atoms with E-state index in [1.807, 2.05) is 12.1 Å². The summed E-state index contributed by atoms with van der Waals surface area (Å²) in [6.45, 7) is 4.47. The van der Waals surface area contributed by atoms with Crippen LogP contribution in [0.4, 0.5) is 5.69 Å². The molecule has 0 bridgehead atoms. The highest BCUT2D eigenvalue weighted by Crippen LogP contribution is 2.24. The Hall–Kier alpha value is -2.71. The van der Waals surface area contributed by atoms with E-state index in [0.29, 0.717) is 21.8 Å². The van der Waals surface area contributed by atoms with Crippen molar-refractivity contribution in [3.8, 4) is 0 Å². The summed E-state index contributed by atoms with van der Waals surface area (Å²) in [4.78, 5) is 30.2. The van der Waals surface area contributed by atoms with Crippen molar-refractivity contribution < 1.29 is 9.59 Å². The van der Waals surface area contributed by atoms with Crippen LogP contribution >= 0.6 is 35.6 Å². The number of benzene rings is 3. The average Bonchev–Trinajstić information content (AvgIpc) is 2.89. The van der Waals surface area contributed by atoms with E-state index in [1.54, 1.807) is 42.5 Å². The Morgan fingerprint density at radius 2 is 1.57 bits per heavy atom. The zero-order valence-corrected chi connectivity index (χ0v) is 21.5. The fraction of sp³-hybridized carbons (Fsp3) is 0.222. The number of rotatable bonds is 7. The molecule has 0 aromatic heterocycles. The standard InChI is InChI=1S/C27H26ClN3O2S2/c28-22-11-12-24(23(17-22)26(33)21-9-5-2-6-10-21)29-25(32)19-35-27(34)31-15-13-30(14-16-31)18-20-7-3-1-4-8-20/h1-12,17H,13-16,18-19H2,(H,29,32). The van der Waals surface area contributed by atoms with E-state index < -0.39 is 0 Å². The third kappa shape index (κ3) is 7.15. The molecule has 1 saturated heterocycles.